The van der Waals surface area contributed by atoms with Gasteiger partial charge in [-0.15, -0.1) is 0 Å². The first-order valence-corrected chi connectivity index (χ1v) is 10.7. The van der Waals surface area contributed by atoms with Crippen LogP contribution in [0.15, 0.2) is 54.7 Å². The minimum Gasteiger partial charge on any atom is -0.479 e. The molecule has 1 aromatic heterocycles. The van der Waals surface area contributed by atoms with Gasteiger partial charge in [-0.25, -0.2) is 0 Å². The number of halogens is 4. The van der Waals surface area contributed by atoms with Crippen LogP contribution in [-0.4, -0.2) is 28.5 Å². The Bertz CT molecular complexity index is 1210. The van der Waals surface area contributed by atoms with E-state index in [-0.39, 0.29) is 18.7 Å². The second kappa shape index (κ2) is 7.30. The molecule has 0 bridgehead atoms. The topological polar surface area (TPSA) is 34.5 Å². The number of rotatable bonds is 1. The first-order chi connectivity index (χ1) is 15.2. The predicted molar refractivity (Wildman–Crippen MR) is 114 cm³/mol. The van der Waals surface area contributed by atoms with Crippen LogP contribution < -0.4 is 4.74 Å². The van der Waals surface area contributed by atoms with Crippen LogP contribution in [0.25, 0.3) is 5.69 Å². The van der Waals surface area contributed by atoms with Crippen molar-refractivity contribution in [3.8, 4) is 11.4 Å². The second-order valence-corrected chi connectivity index (χ2v) is 8.75. The number of ether oxygens (including phenoxy) is 1. The third-order valence-corrected chi connectivity index (χ3v) is 6.51. The molecule has 0 radical (unpaired) electrons. The van der Waals surface area contributed by atoms with E-state index in [1.165, 1.54) is 17.0 Å². The van der Waals surface area contributed by atoms with E-state index in [2.05, 4.69) is 0 Å². The molecular formula is C24H20ClF3N2O2. The molecule has 1 saturated heterocycles. The summed E-state index contributed by atoms with van der Waals surface area (Å²) in [7, 11) is 0. The number of fused-ring (bicyclic) bond motifs is 4. The van der Waals surface area contributed by atoms with E-state index >= 15 is 0 Å². The van der Waals surface area contributed by atoms with Crippen molar-refractivity contribution in [1.82, 2.24) is 9.47 Å². The molecule has 3 aromatic rings. The zero-order valence-electron chi connectivity index (χ0n) is 17.2. The highest BCUT2D eigenvalue weighted by atomic mass is 35.5. The van der Waals surface area contributed by atoms with E-state index in [9.17, 15) is 18.0 Å². The molecular weight excluding hydrogens is 441 g/mol. The van der Waals surface area contributed by atoms with Crippen molar-refractivity contribution in [1.29, 1.82) is 0 Å². The molecule has 0 atom stereocenters. The molecule has 166 valence electrons. The molecule has 8 heteroatoms. The van der Waals surface area contributed by atoms with Crippen LogP contribution in [0.1, 0.15) is 40.0 Å². The lowest BCUT2D eigenvalue weighted by Crippen LogP contribution is -2.50. The second-order valence-electron chi connectivity index (χ2n) is 8.31. The highest BCUT2D eigenvalue weighted by Crippen LogP contribution is 2.46. The van der Waals surface area contributed by atoms with Crippen molar-refractivity contribution < 1.29 is 22.7 Å². The monoisotopic (exact) mass is 460 g/mol. The summed E-state index contributed by atoms with van der Waals surface area (Å²) in [5.41, 5.74) is 0.426. The van der Waals surface area contributed by atoms with Gasteiger partial charge in [-0.2, -0.15) is 13.2 Å². The van der Waals surface area contributed by atoms with E-state index in [4.69, 9.17) is 16.3 Å². The van der Waals surface area contributed by atoms with Crippen LogP contribution in [0.5, 0.6) is 5.75 Å². The van der Waals surface area contributed by atoms with Crippen LogP contribution in [-0.2, 0) is 11.8 Å². The molecule has 4 nitrogen and oxygen atoms in total. The smallest absolute Gasteiger partial charge is 0.417 e. The molecule has 2 aliphatic heterocycles. The fourth-order valence-corrected chi connectivity index (χ4v) is 4.83. The van der Waals surface area contributed by atoms with Gasteiger partial charge in [0.05, 0.1) is 22.5 Å². The van der Waals surface area contributed by atoms with Crippen molar-refractivity contribution >= 4 is 17.5 Å². The first kappa shape index (κ1) is 20.9. The molecule has 2 aromatic carbocycles. The van der Waals surface area contributed by atoms with E-state index < -0.39 is 23.2 Å². The maximum absolute atomic E-state index is 13.5. The number of nitrogens with zero attached hydrogens (tertiary/aromatic N) is 2. The van der Waals surface area contributed by atoms with Gasteiger partial charge < -0.3 is 14.2 Å². The summed E-state index contributed by atoms with van der Waals surface area (Å²) in [5.74, 6) is 0.0423. The number of aryl methyl sites for hydroxylation is 1. The number of amides is 1. The fraction of sp³-hybridized carbons (Fsp3) is 0.292. The van der Waals surface area contributed by atoms with Crippen LogP contribution >= 0.6 is 11.6 Å². The van der Waals surface area contributed by atoms with Crippen LogP contribution in [0, 0.1) is 6.92 Å². The van der Waals surface area contributed by atoms with Gasteiger partial charge in [-0.1, -0.05) is 23.2 Å². The number of likely N-dealkylation sites (tertiary alicyclic amines) is 1. The number of hydrogen-bond acceptors (Lipinski definition) is 2. The molecule has 2 aliphatic rings. The lowest BCUT2D eigenvalue weighted by Gasteiger charge is -2.45. The van der Waals surface area contributed by atoms with Gasteiger partial charge in [0.25, 0.3) is 5.91 Å². The summed E-state index contributed by atoms with van der Waals surface area (Å²) < 4.78 is 49.1. The Morgan fingerprint density at radius 2 is 1.84 bits per heavy atom. The lowest BCUT2D eigenvalue weighted by atomic mass is 9.86. The van der Waals surface area contributed by atoms with Crippen LogP contribution in [0.2, 0.25) is 5.02 Å². The number of carbonyl (C=O) groups is 1. The molecule has 0 N–H and O–H groups in total. The number of aromatic nitrogens is 1. The maximum Gasteiger partial charge on any atom is 0.417 e. The summed E-state index contributed by atoms with van der Waals surface area (Å²) in [6.45, 7) is 2.14. The summed E-state index contributed by atoms with van der Waals surface area (Å²) >= 11 is 6.17. The van der Waals surface area contributed by atoms with E-state index in [1.807, 2.05) is 29.0 Å². The van der Waals surface area contributed by atoms with Gasteiger partial charge in [0.1, 0.15) is 5.75 Å². The summed E-state index contributed by atoms with van der Waals surface area (Å²) in [6.07, 6.45) is -1.72. The lowest BCUT2D eigenvalue weighted by molar-refractivity contribution is -0.138. The number of piperidine rings is 1. The van der Waals surface area contributed by atoms with Gasteiger partial charge in [0.2, 0.25) is 0 Å². The van der Waals surface area contributed by atoms with E-state index in [0.29, 0.717) is 29.2 Å². The van der Waals surface area contributed by atoms with Crippen molar-refractivity contribution in [2.45, 2.75) is 31.5 Å². The number of benzene rings is 2. The standard InChI is InChI=1S/C24H20ClF3N2O2/c1-15-4-6-17(18(13-15)24(26,27)28)22(31)29-11-8-23(9-12-29)21-3-2-10-30(21)19-7-5-16(25)14-20(19)32-23/h2-7,10,13-14H,8-9,11-12H2,1H3. The van der Waals surface area contributed by atoms with Crippen LogP contribution in [0.3, 0.4) is 0 Å². The Hall–Kier alpha value is -2.93. The summed E-state index contributed by atoms with van der Waals surface area (Å²) in [5, 5.41) is 0.557. The van der Waals surface area contributed by atoms with Crippen LogP contribution in [0.4, 0.5) is 13.2 Å². The minimum absolute atomic E-state index is 0.283. The van der Waals surface area contributed by atoms with Gasteiger partial charge in [-0.05, 0) is 43.3 Å². The third kappa shape index (κ3) is 3.35. The van der Waals surface area contributed by atoms with Crippen molar-refractivity contribution in [3.63, 3.8) is 0 Å². The fourth-order valence-electron chi connectivity index (χ4n) is 4.67. The molecule has 1 spiro atoms. The van der Waals surface area contributed by atoms with Gasteiger partial charge in [0.15, 0.2) is 5.60 Å². The SMILES string of the molecule is Cc1ccc(C(=O)N2CCC3(CC2)Oc2cc(Cl)ccc2-n2cccc23)c(C(F)(F)F)c1. The first-order valence-electron chi connectivity index (χ1n) is 10.3. The highest BCUT2D eigenvalue weighted by Gasteiger charge is 2.45. The average molecular weight is 461 g/mol. The van der Waals surface area contributed by atoms with Crippen molar-refractivity contribution in [3.05, 3.63) is 82.1 Å². The number of carbonyl (C=O) groups excluding carboxylic acids is 1. The third-order valence-electron chi connectivity index (χ3n) is 6.27. The van der Waals surface area contributed by atoms with Gasteiger partial charge in [0, 0.05) is 43.2 Å². The Morgan fingerprint density at radius 1 is 1.09 bits per heavy atom. The molecule has 1 fully saturated rings. The average Bonchev–Trinajstić information content (AvgIpc) is 3.24. The maximum atomic E-state index is 13.5. The quantitative estimate of drug-likeness (QED) is 0.447. The zero-order chi connectivity index (χ0) is 22.7. The largest absolute Gasteiger partial charge is 0.479 e. The predicted octanol–water partition coefficient (Wildman–Crippen LogP) is 5.98. The molecule has 32 heavy (non-hydrogen) atoms. The van der Waals surface area contributed by atoms with Gasteiger partial charge >= 0.3 is 6.18 Å². The molecule has 1 amide bonds. The summed E-state index contributed by atoms with van der Waals surface area (Å²) in [4.78, 5) is 14.5. The molecule has 5 rings (SSSR count). The summed E-state index contributed by atoms with van der Waals surface area (Å²) in [6, 6.07) is 13.2. The number of hydrogen-bond donors (Lipinski definition) is 0. The Balaban J connectivity index is 1.43. The van der Waals surface area contributed by atoms with E-state index in [0.717, 1.165) is 17.4 Å². The van der Waals surface area contributed by atoms with Crippen molar-refractivity contribution in [2.24, 2.45) is 0 Å². The normalized spacial score (nSPS) is 17.0. The zero-order valence-corrected chi connectivity index (χ0v) is 18.0. The molecule has 0 saturated carbocycles. The Kier molecular flexibility index (Phi) is 4.78. The number of alkyl halides is 3. The van der Waals surface area contributed by atoms with E-state index in [1.54, 1.807) is 19.1 Å². The minimum atomic E-state index is -4.59. The van der Waals surface area contributed by atoms with Gasteiger partial charge in [-0.3, -0.25) is 4.79 Å². The van der Waals surface area contributed by atoms with Crippen molar-refractivity contribution in [2.75, 3.05) is 13.1 Å². The molecule has 0 unspecified atom stereocenters. The molecule has 0 aliphatic carbocycles. The Morgan fingerprint density at radius 3 is 2.56 bits per heavy atom. The highest BCUT2D eigenvalue weighted by molar-refractivity contribution is 6.30. The molecule has 3 heterocycles. The Labute approximate surface area is 188 Å².